The summed E-state index contributed by atoms with van der Waals surface area (Å²) in [5.74, 6) is -0.528. The minimum absolute atomic E-state index is 0.238. The Morgan fingerprint density at radius 3 is 3.00 bits per heavy atom. The van der Waals surface area contributed by atoms with Crippen molar-refractivity contribution in [3.05, 3.63) is 24.3 Å². The van der Waals surface area contributed by atoms with E-state index in [9.17, 15) is 9.18 Å². The Balaban J connectivity index is 2.23. The molecule has 0 radical (unpaired) electrons. The van der Waals surface area contributed by atoms with Crippen LogP contribution in [0.3, 0.4) is 0 Å². The van der Waals surface area contributed by atoms with Gasteiger partial charge in [0.2, 0.25) is 5.95 Å². The van der Waals surface area contributed by atoms with Gasteiger partial charge in [0.1, 0.15) is 0 Å². The monoisotopic (exact) mass is 212 g/mol. The summed E-state index contributed by atoms with van der Waals surface area (Å²) < 4.78 is 12.6. The van der Waals surface area contributed by atoms with Crippen molar-refractivity contribution < 1.29 is 9.18 Å². The van der Waals surface area contributed by atoms with Crippen molar-refractivity contribution >= 4 is 11.7 Å². The highest BCUT2D eigenvalue weighted by atomic mass is 19.1. The number of nitrogens with zero attached hydrogens (tertiary/aromatic N) is 1. The molecule has 2 amide bonds. The zero-order valence-electron chi connectivity index (χ0n) is 8.38. The van der Waals surface area contributed by atoms with Gasteiger partial charge in [0.05, 0.1) is 0 Å². The van der Waals surface area contributed by atoms with Gasteiger partial charge < -0.3 is 16.0 Å². The van der Waals surface area contributed by atoms with Crippen LogP contribution in [0.15, 0.2) is 18.3 Å². The number of anilines is 1. The van der Waals surface area contributed by atoms with Crippen molar-refractivity contribution in [3.63, 3.8) is 0 Å². The molecule has 0 saturated carbocycles. The minimum Gasteiger partial charge on any atom is -0.383 e. The lowest BCUT2D eigenvalue weighted by atomic mass is 10.4. The summed E-state index contributed by atoms with van der Waals surface area (Å²) in [5, 5.41) is 7.96. The molecule has 3 N–H and O–H groups in total. The van der Waals surface area contributed by atoms with Crippen LogP contribution in [0.5, 0.6) is 0 Å². The predicted molar refractivity (Wildman–Crippen MR) is 55.1 cm³/mol. The van der Waals surface area contributed by atoms with Gasteiger partial charge in [-0.05, 0) is 6.07 Å². The lowest BCUT2D eigenvalue weighted by Gasteiger charge is -2.07. The fourth-order valence-corrected chi connectivity index (χ4v) is 0.984. The normalized spacial score (nSPS) is 9.47. The zero-order chi connectivity index (χ0) is 11.1. The Bertz CT molecular complexity index is 332. The molecule has 0 saturated heterocycles. The quantitative estimate of drug-likeness (QED) is 0.504. The molecule has 1 rings (SSSR count). The summed E-state index contributed by atoms with van der Waals surface area (Å²) in [7, 11) is 1.54. The third-order valence-corrected chi connectivity index (χ3v) is 1.69. The van der Waals surface area contributed by atoms with Crippen molar-refractivity contribution in [3.8, 4) is 0 Å². The first kappa shape index (κ1) is 11.2. The molecule has 6 heteroatoms. The number of carbonyl (C=O) groups excluding carboxylic acids is 1. The van der Waals surface area contributed by atoms with Crippen LogP contribution in [0.25, 0.3) is 0 Å². The fourth-order valence-electron chi connectivity index (χ4n) is 0.984. The van der Waals surface area contributed by atoms with E-state index in [0.29, 0.717) is 18.8 Å². The molecule has 15 heavy (non-hydrogen) atoms. The molecule has 1 heterocycles. The highest BCUT2D eigenvalue weighted by Gasteiger charge is 1.96. The minimum atomic E-state index is -0.528. The largest absolute Gasteiger partial charge is 0.383 e. The molecule has 0 aromatic carbocycles. The second-order valence-electron chi connectivity index (χ2n) is 2.80. The van der Waals surface area contributed by atoms with Crippen LogP contribution in [0.4, 0.5) is 14.9 Å². The van der Waals surface area contributed by atoms with Gasteiger partial charge in [-0.25, -0.2) is 9.78 Å². The van der Waals surface area contributed by atoms with Gasteiger partial charge in [-0.15, -0.1) is 0 Å². The van der Waals surface area contributed by atoms with Gasteiger partial charge in [0, 0.05) is 38.1 Å². The highest BCUT2D eigenvalue weighted by Crippen LogP contribution is 2.05. The van der Waals surface area contributed by atoms with Crippen molar-refractivity contribution in [2.45, 2.75) is 0 Å². The molecular weight excluding hydrogens is 199 g/mol. The number of amides is 2. The standard InChI is InChI=1S/C9H13FN4O/c1-11-9(15)14-5-4-12-7-2-3-13-8(10)6-7/h2-3,6H,4-5H2,1H3,(H,12,13)(H2,11,14,15). The van der Waals surface area contributed by atoms with E-state index >= 15 is 0 Å². The first-order chi connectivity index (χ1) is 7.22. The van der Waals surface area contributed by atoms with E-state index in [1.807, 2.05) is 0 Å². The SMILES string of the molecule is CNC(=O)NCCNc1ccnc(F)c1. The summed E-state index contributed by atoms with van der Waals surface area (Å²) in [6, 6.07) is 2.71. The Morgan fingerprint density at radius 1 is 1.53 bits per heavy atom. The van der Waals surface area contributed by atoms with Gasteiger partial charge in [0.25, 0.3) is 0 Å². The molecule has 0 atom stereocenters. The van der Waals surface area contributed by atoms with Gasteiger partial charge in [0.15, 0.2) is 0 Å². The van der Waals surface area contributed by atoms with E-state index in [2.05, 4.69) is 20.9 Å². The maximum Gasteiger partial charge on any atom is 0.314 e. The molecule has 1 aromatic rings. The topological polar surface area (TPSA) is 66.1 Å². The lowest BCUT2D eigenvalue weighted by Crippen LogP contribution is -2.35. The van der Waals surface area contributed by atoms with Gasteiger partial charge in [-0.2, -0.15) is 4.39 Å². The van der Waals surface area contributed by atoms with E-state index in [1.165, 1.54) is 12.3 Å². The molecule has 0 unspecified atom stereocenters. The van der Waals surface area contributed by atoms with E-state index in [4.69, 9.17) is 0 Å². The number of hydrogen-bond donors (Lipinski definition) is 3. The first-order valence-electron chi connectivity index (χ1n) is 4.53. The molecule has 0 bridgehead atoms. The van der Waals surface area contributed by atoms with Crippen LogP contribution in [-0.4, -0.2) is 31.2 Å². The maximum absolute atomic E-state index is 12.6. The van der Waals surface area contributed by atoms with Crippen LogP contribution in [0, 0.1) is 5.95 Å². The Morgan fingerprint density at radius 2 is 2.33 bits per heavy atom. The number of halogens is 1. The number of rotatable bonds is 4. The third-order valence-electron chi connectivity index (χ3n) is 1.69. The van der Waals surface area contributed by atoms with Crippen LogP contribution < -0.4 is 16.0 Å². The second kappa shape index (κ2) is 5.79. The molecule has 0 spiro atoms. The maximum atomic E-state index is 12.6. The Hall–Kier alpha value is -1.85. The van der Waals surface area contributed by atoms with Gasteiger partial charge in [-0.1, -0.05) is 0 Å². The van der Waals surface area contributed by atoms with Crippen LogP contribution >= 0.6 is 0 Å². The molecule has 0 aliphatic heterocycles. The van der Waals surface area contributed by atoms with Crippen LogP contribution in [0.2, 0.25) is 0 Å². The highest BCUT2D eigenvalue weighted by molar-refractivity contribution is 5.73. The third kappa shape index (κ3) is 4.26. The molecule has 5 nitrogen and oxygen atoms in total. The summed E-state index contributed by atoms with van der Waals surface area (Å²) in [6.07, 6.45) is 1.38. The molecule has 0 aliphatic rings. The van der Waals surface area contributed by atoms with Crippen molar-refractivity contribution in [2.24, 2.45) is 0 Å². The van der Waals surface area contributed by atoms with Crippen LogP contribution in [0.1, 0.15) is 0 Å². The summed E-state index contributed by atoms with van der Waals surface area (Å²) in [4.78, 5) is 14.2. The van der Waals surface area contributed by atoms with E-state index in [-0.39, 0.29) is 6.03 Å². The number of urea groups is 1. The number of pyridine rings is 1. The average Bonchev–Trinajstić information content (AvgIpc) is 2.24. The molecule has 1 aromatic heterocycles. The van der Waals surface area contributed by atoms with Crippen molar-refractivity contribution in [2.75, 3.05) is 25.5 Å². The van der Waals surface area contributed by atoms with E-state index in [0.717, 1.165) is 0 Å². The summed E-state index contributed by atoms with van der Waals surface area (Å²) in [6.45, 7) is 0.987. The van der Waals surface area contributed by atoms with Gasteiger partial charge in [-0.3, -0.25) is 0 Å². The number of aromatic nitrogens is 1. The Kier molecular flexibility index (Phi) is 4.33. The smallest absolute Gasteiger partial charge is 0.314 e. The summed E-state index contributed by atoms with van der Waals surface area (Å²) >= 11 is 0. The average molecular weight is 212 g/mol. The van der Waals surface area contributed by atoms with E-state index < -0.39 is 5.95 Å². The van der Waals surface area contributed by atoms with Crippen molar-refractivity contribution in [1.82, 2.24) is 15.6 Å². The second-order valence-corrected chi connectivity index (χ2v) is 2.80. The fraction of sp³-hybridized carbons (Fsp3) is 0.333. The van der Waals surface area contributed by atoms with Crippen LogP contribution in [-0.2, 0) is 0 Å². The predicted octanol–water partition coefficient (Wildman–Crippen LogP) is 0.562. The number of nitrogens with one attached hydrogen (secondary N) is 3. The molecule has 0 aliphatic carbocycles. The Labute approximate surface area is 87.1 Å². The van der Waals surface area contributed by atoms with E-state index in [1.54, 1.807) is 13.1 Å². The zero-order valence-corrected chi connectivity index (χ0v) is 8.38. The first-order valence-corrected chi connectivity index (χ1v) is 4.53. The van der Waals surface area contributed by atoms with Crippen molar-refractivity contribution in [1.29, 1.82) is 0 Å². The molecule has 0 fully saturated rings. The summed E-state index contributed by atoms with van der Waals surface area (Å²) in [5.41, 5.74) is 0.640. The number of carbonyl (C=O) groups is 1. The number of hydrogen-bond acceptors (Lipinski definition) is 3. The lowest BCUT2D eigenvalue weighted by molar-refractivity contribution is 0.243. The molecule has 82 valence electrons. The van der Waals surface area contributed by atoms with Gasteiger partial charge >= 0.3 is 6.03 Å². The molecular formula is C9H13FN4O.